The Hall–Kier alpha value is -1.31. The van der Waals surface area contributed by atoms with Gasteiger partial charge in [0.15, 0.2) is 0 Å². The first-order valence-electron chi connectivity index (χ1n) is 5.18. The van der Waals surface area contributed by atoms with Crippen LogP contribution in [0.3, 0.4) is 0 Å². The van der Waals surface area contributed by atoms with E-state index in [9.17, 15) is 4.79 Å². The van der Waals surface area contributed by atoms with Crippen LogP contribution in [0.25, 0.3) is 0 Å². The first-order chi connectivity index (χ1) is 6.86. The summed E-state index contributed by atoms with van der Waals surface area (Å²) >= 11 is 0. The molecular weight excluding hydrogens is 174 g/mol. The van der Waals surface area contributed by atoms with Gasteiger partial charge in [0.2, 0.25) is 5.91 Å². The molecule has 1 atom stereocenters. The van der Waals surface area contributed by atoms with Crippen molar-refractivity contribution in [3.63, 3.8) is 0 Å². The Morgan fingerprint density at radius 2 is 2.00 bits per heavy atom. The normalized spacial score (nSPS) is 22.6. The van der Waals surface area contributed by atoms with E-state index >= 15 is 0 Å². The van der Waals surface area contributed by atoms with E-state index in [-0.39, 0.29) is 5.91 Å². The first kappa shape index (κ1) is 9.25. The van der Waals surface area contributed by atoms with Crippen molar-refractivity contribution in [3.8, 4) is 0 Å². The molecule has 1 fully saturated rings. The summed E-state index contributed by atoms with van der Waals surface area (Å²) in [5.41, 5.74) is 1.34. The summed E-state index contributed by atoms with van der Waals surface area (Å²) in [5, 5.41) is 2.95. The van der Waals surface area contributed by atoms with Crippen molar-refractivity contribution >= 4 is 5.91 Å². The smallest absolute Gasteiger partial charge is 0.220 e. The van der Waals surface area contributed by atoms with Gasteiger partial charge in [-0.05, 0) is 18.4 Å². The minimum Gasteiger partial charge on any atom is -0.355 e. The lowest BCUT2D eigenvalue weighted by atomic mass is 9.95. The Morgan fingerprint density at radius 3 is 2.79 bits per heavy atom. The van der Waals surface area contributed by atoms with Crippen LogP contribution in [0.5, 0.6) is 0 Å². The van der Waals surface area contributed by atoms with Crippen LogP contribution in [0.2, 0.25) is 0 Å². The Labute approximate surface area is 84.3 Å². The van der Waals surface area contributed by atoms with Gasteiger partial charge in [0.05, 0.1) is 0 Å². The van der Waals surface area contributed by atoms with Crippen molar-refractivity contribution in [2.45, 2.75) is 25.2 Å². The number of benzene rings is 1. The van der Waals surface area contributed by atoms with Crippen LogP contribution in [0.4, 0.5) is 0 Å². The van der Waals surface area contributed by atoms with E-state index in [2.05, 4.69) is 29.6 Å². The number of rotatable bonds is 1. The highest BCUT2D eigenvalue weighted by Crippen LogP contribution is 2.22. The van der Waals surface area contributed by atoms with Crippen LogP contribution >= 0.6 is 0 Å². The van der Waals surface area contributed by atoms with E-state index in [1.54, 1.807) is 0 Å². The number of hydrogen-bond acceptors (Lipinski definition) is 1. The second kappa shape index (κ2) is 4.27. The Bertz CT molecular complexity index is 307. The summed E-state index contributed by atoms with van der Waals surface area (Å²) in [6.07, 6.45) is 2.80. The number of hydrogen-bond donors (Lipinski definition) is 1. The molecule has 0 spiro atoms. The van der Waals surface area contributed by atoms with Crippen molar-refractivity contribution in [2.24, 2.45) is 0 Å². The molecule has 14 heavy (non-hydrogen) atoms. The van der Waals surface area contributed by atoms with Gasteiger partial charge in [-0.25, -0.2) is 0 Å². The van der Waals surface area contributed by atoms with E-state index in [1.807, 2.05) is 6.07 Å². The van der Waals surface area contributed by atoms with Crippen LogP contribution in [-0.2, 0) is 4.79 Å². The fourth-order valence-corrected chi connectivity index (χ4v) is 1.95. The van der Waals surface area contributed by atoms with E-state index in [4.69, 9.17) is 0 Å². The van der Waals surface area contributed by atoms with Crippen molar-refractivity contribution in [1.82, 2.24) is 5.32 Å². The predicted molar refractivity (Wildman–Crippen MR) is 56.0 cm³/mol. The van der Waals surface area contributed by atoms with E-state index < -0.39 is 0 Å². The summed E-state index contributed by atoms with van der Waals surface area (Å²) in [7, 11) is 0. The molecule has 74 valence electrons. The quantitative estimate of drug-likeness (QED) is 0.720. The molecule has 1 aromatic rings. The van der Waals surface area contributed by atoms with E-state index in [0.29, 0.717) is 12.3 Å². The summed E-state index contributed by atoms with van der Waals surface area (Å²) < 4.78 is 0. The molecule has 2 rings (SSSR count). The second-order valence-electron chi connectivity index (χ2n) is 3.80. The molecule has 1 aliphatic rings. The topological polar surface area (TPSA) is 29.1 Å². The molecule has 0 aromatic heterocycles. The maximum Gasteiger partial charge on any atom is 0.220 e. The highest BCUT2D eigenvalue weighted by Gasteiger charge is 2.16. The lowest BCUT2D eigenvalue weighted by molar-refractivity contribution is -0.120. The summed E-state index contributed by atoms with van der Waals surface area (Å²) in [4.78, 5) is 11.1. The van der Waals surface area contributed by atoms with Gasteiger partial charge in [-0.3, -0.25) is 4.79 Å². The van der Waals surface area contributed by atoms with Crippen LogP contribution in [-0.4, -0.2) is 12.5 Å². The van der Waals surface area contributed by atoms with Crippen LogP contribution in [0.15, 0.2) is 30.3 Å². The third kappa shape index (κ3) is 2.13. The molecule has 0 bridgehead atoms. The summed E-state index contributed by atoms with van der Waals surface area (Å²) in [5.74, 6) is 0.700. The zero-order valence-corrected chi connectivity index (χ0v) is 8.20. The molecular formula is C12H15NO. The van der Waals surface area contributed by atoms with Crippen molar-refractivity contribution < 1.29 is 4.79 Å². The predicted octanol–water partition coefficient (Wildman–Crippen LogP) is 2.07. The van der Waals surface area contributed by atoms with Crippen molar-refractivity contribution in [3.05, 3.63) is 35.9 Å². The maximum absolute atomic E-state index is 11.1. The largest absolute Gasteiger partial charge is 0.355 e. The molecule has 0 radical (unpaired) electrons. The molecule has 2 nitrogen and oxygen atoms in total. The van der Waals surface area contributed by atoms with Gasteiger partial charge in [0.1, 0.15) is 0 Å². The molecule has 0 unspecified atom stereocenters. The highest BCUT2D eigenvalue weighted by molar-refractivity contribution is 5.76. The fourth-order valence-electron chi connectivity index (χ4n) is 1.95. The van der Waals surface area contributed by atoms with Gasteiger partial charge in [-0.1, -0.05) is 30.3 Å². The van der Waals surface area contributed by atoms with Gasteiger partial charge in [0.25, 0.3) is 0 Å². The third-order valence-electron chi connectivity index (χ3n) is 2.77. The van der Waals surface area contributed by atoms with E-state index in [1.165, 1.54) is 5.56 Å². The molecule has 1 amide bonds. The maximum atomic E-state index is 11.1. The molecule has 1 saturated heterocycles. The summed E-state index contributed by atoms with van der Waals surface area (Å²) in [6, 6.07) is 10.4. The van der Waals surface area contributed by atoms with Crippen LogP contribution in [0.1, 0.15) is 30.7 Å². The minimum absolute atomic E-state index is 0.198. The van der Waals surface area contributed by atoms with Crippen LogP contribution in [0, 0.1) is 0 Å². The number of nitrogens with one attached hydrogen (secondary N) is 1. The van der Waals surface area contributed by atoms with Crippen LogP contribution < -0.4 is 5.32 Å². The van der Waals surface area contributed by atoms with Crippen molar-refractivity contribution in [2.75, 3.05) is 6.54 Å². The standard InChI is InChI=1S/C12H15NO/c14-12-8-4-7-11(9-13-12)10-5-2-1-3-6-10/h1-3,5-6,11H,4,7-9H2,(H,13,14)/t11-/m0/s1. The third-order valence-corrected chi connectivity index (χ3v) is 2.77. The molecule has 1 heterocycles. The van der Waals surface area contributed by atoms with Gasteiger partial charge < -0.3 is 5.32 Å². The number of carbonyl (C=O) groups excluding carboxylic acids is 1. The Balaban J connectivity index is 2.08. The zero-order chi connectivity index (χ0) is 9.80. The average molecular weight is 189 g/mol. The van der Waals surface area contributed by atoms with E-state index in [0.717, 1.165) is 19.4 Å². The SMILES string of the molecule is O=C1CCC[C@H](c2ccccc2)CN1. The molecule has 1 N–H and O–H groups in total. The van der Waals surface area contributed by atoms with Gasteiger partial charge in [-0.2, -0.15) is 0 Å². The number of amides is 1. The highest BCUT2D eigenvalue weighted by atomic mass is 16.1. The fraction of sp³-hybridized carbons (Fsp3) is 0.417. The molecule has 2 heteroatoms. The average Bonchev–Trinajstić information content (AvgIpc) is 2.44. The lowest BCUT2D eigenvalue weighted by Crippen LogP contribution is -2.24. The lowest BCUT2D eigenvalue weighted by Gasteiger charge is -2.13. The van der Waals surface area contributed by atoms with Gasteiger partial charge >= 0.3 is 0 Å². The number of carbonyl (C=O) groups is 1. The molecule has 1 aromatic carbocycles. The summed E-state index contributed by atoms with van der Waals surface area (Å²) in [6.45, 7) is 0.794. The zero-order valence-electron chi connectivity index (χ0n) is 8.20. The minimum atomic E-state index is 0.198. The Kier molecular flexibility index (Phi) is 2.82. The Morgan fingerprint density at radius 1 is 1.21 bits per heavy atom. The van der Waals surface area contributed by atoms with Crippen molar-refractivity contribution in [1.29, 1.82) is 0 Å². The van der Waals surface area contributed by atoms with Gasteiger partial charge in [-0.15, -0.1) is 0 Å². The van der Waals surface area contributed by atoms with Gasteiger partial charge in [0, 0.05) is 18.9 Å². The molecule has 1 aliphatic heterocycles. The first-order valence-corrected chi connectivity index (χ1v) is 5.18. The molecule has 0 saturated carbocycles. The second-order valence-corrected chi connectivity index (χ2v) is 3.80. The molecule has 0 aliphatic carbocycles. The monoisotopic (exact) mass is 189 g/mol.